The quantitative estimate of drug-likeness (QED) is 0.141. The number of pyridine rings is 1. The van der Waals surface area contributed by atoms with Crippen LogP contribution in [-0.2, 0) is 19.1 Å². The predicted octanol–water partition coefficient (Wildman–Crippen LogP) is 8.09. The highest BCUT2D eigenvalue weighted by atomic mass is 35.5. The van der Waals surface area contributed by atoms with Crippen LogP contribution in [0.25, 0.3) is 22.4 Å². The summed E-state index contributed by atoms with van der Waals surface area (Å²) in [4.78, 5) is 70.7. The number of carbonyl (C=O) groups excluding carboxylic acids is 4. The molecule has 5 heterocycles. The smallest absolute Gasteiger partial charge is 0.453 e. The van der Waals surface area contributed by atoms with Crippen LogP contribution in [0.1, 0.15) is 76.1 Å². The standard InChI is InChI=1S/C46H54ClF3N8O7/c1-26-19-36(58(24-26)42(60)39(55-44(62)63-6)30-13-17-64-18-14-30)40-52-23-35(53-40)29-9-7-28(8-10-29)32-20-33(47)34(21-37(32)65-46(48,49)50)54-41(59)31-11-12-38(51-22-31)57-16-15-56(25-27(57)2)43(61)45(3,4)5/h7-12,20-23,26-27,30,36,39H,13-19,24-25H2,1-6H3,(H,52,53)(H,54,59)(H,55,62)/t26?,27-,36?,39?/m1/s1. The summed E-state index contributed by atoms with van der Waals surface area (Å²) in [5.74, 6) is -0.174. The van der Waals surface area contributed by atoms with E-state index in [1.165, 1.54) is 19.4 Å². The van der Waals surface area contributed by atoms with E-state index in [1.54, 1.807) is 47.5 Å². The first kappa shape index (κ1) is 47.1. The number of amides is 4. The van der Waals surface area contributed by atoms with Crippen molar-refractivity contribution >= 4 is 46.9 Å². The molecule has 7 rings (SSSR count). The van der Waals surface area contributed by atoms with E-state index in [2.05, 4.69) is 35.2 Å². The van der Waals surface area contributed by atoms with E-state index in [0.717, 1.165) is 6.07 Å². The second-order valence-corrected chi connectivity index (χ2v) is 18.4. The molecule has 2 aromatic carbocycles. The van der Waals surface area contributed by atoms with Gasteiger partial charge in [0.15, 0.2) is 0 Å². The Morgan fingerprint density at radius 1 is 0.938 bits per heavy atom. The number of hydrogen-bond donors (Lipinski definition) is 3. The first-order chi connectivity index (χ1) is 30.8. The molecule has 0 radical (unpaired) electrons. The number of imidazole rings is 1. The van der Waals surface area contributed by atoms with Gasteiger partial charge in [-0.15, -0.1) is 13.2 Å². The van der Waals surface area contributed by atoms with Crippen molar-refractivity contribution in [2.45, 2.75) is 78.4 Å². The molecular weight excluding hydrogens is 869 g/mol. The second kappa shape index (κ2) is 19.3. The highest BCUT2D eigenvalue weighted by Crippen LogP contribution is 2.41. The number of rotatable bonds is 10. The number of hydrogen-bond acceptors (Lipinski definition) is 10. The Hall–Kier alpha value is -5.88. The van der Waals surface area contributed by atoms with Gasteiger partial charge in [0.25, 0.3) is 5.91 Å². The monoisotopic (exact) mass is 922 g/mol. The maximum atomic E-state index is 14.1. The SMILES string of the molecule is COC(=O)NC(C(=O)N1CC(C)CC1c1ncc(-c2ccc(-c3cc(Cl)c(NC(=O)c4ccc(N5CCN(C(=O)C(C)(C)C)C[C@H]5C)nc4)cc3OC(F)(F)F)cc2)[nH]1)C1CCOCC1. The molecule has 0 bridgehead atoms. The fourth-order valence-corrected chi connectivity index (χ4v) is 8.96. The van der Waals surface area contributed by atoms with Crippen LogP contribution in [0.3, 0.4) is 0 Å². The van der Waals surface area contributed by atoms with Crippen LogP contribution in [-0.4, -0.2) is 114 Å². The Morgan fingerprint density at radius 3 is 2.28 bits per heavy atom. The van der Waals surface area contributed by atoms with Crippen molar-refractivity contribution in [3.05, 3.63) is 77.3 Å². The van der Waals surface area contributed by atoms with Crippen molar-refractivity contribution in [3.63, 3.8) is 0 Å². The third kappa shape index (κ3) is 11.0. The molecule has 65 heavy (non-hydrogen) atoms. The zero-order chi connectivity index (χ0) is 46.8. The maximum absolute atomic E-state index is 14.1. The molecule has 3 aliphatic heterocycles. The molecule has 3 saturated heterocycles. The van der Waals surface area contributed by atoms with E-state index in [1.807, 2.05) is 39.5 Å². The van der Waals surface area contributed by atoms with Gasteiger partial charge in [0.2, 0.25) is 11.8 Å². The lowest BCUT2D eigenvalue weighted by atomic mass is 9.90. The van der Waals surface area contributed by atoms with Crippen LogP contribution < -0.4 is 20.3 Å². The topological polar surface area (TPSA) is 171 Å². The van der Waals surface area contributed by atoms with Crippen LogP contribution in [0.5, 0.6) is 5.75 Å². The van der Waals surface area contributed by atoms with Gasteiger partial charge in [-0.05, 0) is 67.3 Å². The van der Waals surface area contributed by atoms with Crippen LogP contribution in [0, 0.1) is 17.3 Å². The Labute approximate surface area is 380 Å². The molecule has 3 unspecified atom stereocenters. The average Bonchev–Trinajstić information content (AvgIpc) is 3.93. The molecule has 348 valence electrons. The molecule has 0 aliphatic carbocycles. The molecule has 3 N–H and O–H groups in total. The van der Waals surface area contributed by atoms with Crippen LogP contribution in [0.2, 0.25) is 5.02 Å². The number of aromatic nitrogens is 3. The first-order valence-corrected chi connectivity index (χ1v) is 22.0. The van der Waals surface area contributed by atoms with Crippen molar-refractivity contribution in [2.75, 3.05) is 56.7 Å². The number of alkyl carbamates (subject to hydrolysis) is 1. The molecule has 0 spiro atoms. The Morgan fingerprint density at radius 2 is 1.65 bits per heavy atom. The summed E-state index contributed by atoms with van der Waals surface area (Å²) in [5, 5.41) is 5.32. The summed E-state index contributed by atoms with van der Waals surface area (Å²) in [6.07, 6.45) is -0.876. The highest BCUT2D eigenvalue weighted by Gasteiger charge is 2.42. The van der Waals surface area contributed by atoms with E-state index in [-0.39, 0.29) is 51.5 Å². The largest absolute Gasteiger partial charge is 0.573 e. The Bertz CT molecular complexity index is 2370. The summed E-state index contributed by atoms with van der Waals surface area (Å²) in [6, 6.07) is 11.0. The number of H-pyrrole nitrogens is 1. The first-order valence-electron chi connectivity index (χ1n) is 21.6. The number of ether oxygens (including phenoxy) is 3. The summed E-state index contributed by atoms with van der Waals surface area (Å²) in [7, 11) is 1.25. The van der Waals surface area contributed by atoms with E-state index < -0.39 is 41.6 Å². The number of nitrogens with one attached hydrogen (secondary N) is 3. The second-order valence-electron chi connectivity index (χ2n) is 17.9. The van der Waals surface area contributed by atoms with Gasteiger partial charge in [0.05, 0.1) is 41.3 Å². The van der Waals surface area contributed by atoms with Crippen LogP contribution >= 0.6 is 11.6 Å². The minimum absolute atomic E-state index is 0.0281. The average molecular weight is 923 g/mol. The molecule has 2 aromatic heterocycles. The zero-order valence-corrected chi connectivity index (χ0v) is 37.9. The van der Waals surface area contributed by atoms with E-state index in [4.69, 9.17) is 21.1 Å². The molecule has 3 fully saturated rings. The normalized spacial score (nSPS) is 20.0. The van der Waals surface area contributed by atoms with Gasteiger partial charge >= 0.3 is 12.5 Å². The van der Waals surface area contributed by atoms with Crippen molar-refractivity contribution < 1.29 is 46.6 Å². The lowest BCUT2D eigenvalue weighted by molar-refractivity contribution is -0.274. The minimum Gasteiger partial charge on any atom is -0.453 e. The van der Waals surface area contributed by atoms with E-state index >= 15 is 0 Å². The number of carbonyl (C=O) groups is 4. The highest BCUT2D eigenvalue weighted by molar-refractivity contribution is 6.34. The van der Waals surface area contributed by atoms with E-state index in [0.29, 0.717) is 87.1 Å². The number of benzene rings is 2. The molecule has 4 atom stereocenters. The van der Waals surface area contributed by atoms with Crippen LogP contribution in [0.15, 0.2) is 60.9 Å². The van der Waals surface area contributed by atoms with Gasteiger partial charge in [0, 0.05) is 68.7 Å². The van der Waals surface area contributed by atoms with Gasteiger partial charge in [-0.1, -0.05) is 63.6 Å². The summed E-state index contributed by atoms with van der Waals surface area (Å²) >= 11 is 6.62. The number of halogens is 4. The van der Waals surface area contributed by atoms with Crippen molar-refractivity contribution in [3.8, 4) is 28.1 Å². The third-order valence-corrected chi connectivity index (χ3v) is 12.4. The number of piperazine rings is 1. The van der Waals surface area contributed by atoms with Gasteiger partial charge in [-0.3, -0.25) is 14.4 Å². The molecular formula is C46H54ClF3N8O7. The summed E-state index contributed by atoms with van der Waals surface area (Å²) in [5.41, 5.74) is 1.21. The third-order valence-electron chi connectivity index (χ3n) is 12.1. The molecule has 0 saturated carbocycles. The van der Waals surface area contributed by atoms with Gasteiger partial charge in [-0.25, -0.2) is 14.8 Å². The molecule has 4 aromatic rings. The molecule has 3 aliphatic rings. The number of methoxy groups -OCH3 is 1. The summed E-state index contributed by atoms with van der Waals surface area (Å²) in [6.45, 7) is 12.8. The zero-order valence-electron chi connectivity index (χ0n) is 37.1. The van der Waals surface area contributed by atoms with Gasteiger partial charge < -0.3 is 44.5 Å². The summed E-state index contributed by atoms with van der Waals surface area (Å²) < 4.78 is 56.3. The van der Waals surface area contributed by atoms with Gasteiger partial charge in [-0.2, -0.15) is 0 Å². The van der Waals surface area contributed by atoms with Crippen molar-refractivity contribution in [1.29, 1.82) is 0 Å². The fraction of sp³-hybridized carbons (Fsp3) is 0.478. The number of alkyl halides is 3. The minimum atomic E-state index is -5.06. The predicted molar refractivity (Wildman–Crippen MR) is 237 cm³/mol. The molecule has 15 nitrogen and oxygen atoms in total. The maximum Gasteiger partial charge on any atom is 0.573 e. The van der Waals surface area contributed by atoms with Crippen molar-refractivity contribution in [1.82, 2.24) is 30.1 Å². The van der Waals surface area contributed by atoms with E-state index in [9.17, 15) is 32.3 Å². The fourth-order valence-electron chi connectivity index (χ4n) is 8.75. The Kier molecular flexibility index (Phi) is 14.0. The number of anilines is 2. The number of likely N-dealkylation sites (tertiary alicyclic amines) is 1. The Balaban J connectivity index is 1.05. The van der Waals surface area contributed by atoms with Crippen molar-refractivity contribution in [2.24, 2.45) is 17.3 Å². The lowest BCUT2D eigenvalue weighted by Crippen LogP contribution is -2.56. The molecule has 19 heteroatoms. The molecule has 4 amide bonds. The lowest BCUT2D eigenvalue weighted by Gasteiger charge is -2.42. The van der Waals surface area contributed by atoms with Gasteiger partial charge in [0.1, 0.15) is 23.4 Å². The number of aromatic amines is 1. The number of nitrogens with zero attached hydrogens (tertiary/aromatic N) is 5. The van der Waals surface area contributed by atoms with Crippen LogP contribution in [0.4, 0.5) is 29.5 Å².